The van der Waals surface area contributed by atoms with Crippen LogP contribution in [0.4, 0.5) is 0 Å². The standard InChI is InChI=1S/C15H17NO/c1-3-13(17)9-8-12-10-11(2)16-15-7-5-4-6-14(12)15/h4-7,10H,3,8-9H2,1-2H3. The first kappa shape index (κ1) is 11.8. The molecule has 17 heavy (non-hydrogen) atoms. The average Bonchev–Trinajstić information content (AvgIpc) is 2.35. The van der Waals surface area contributed by atoms with Gasteiger partial charge in [0.2, 0.25) is 0 Å². The Morgan fingerprint density at radius 3 is 2.82 bits per heavy atom. The minimum atomic E-state index is 0.323. The first-order chi connectivity index (χ1) is 8.20. The zero-order chi connectivity index (χ0) is 12.3. The number of hydrogen-bond acceptors (Lipinski definition) is 2. The Labute approximate surface area is 102 Å². The number of fused-ring (bicyclic) bond motifs is 1. The highest BCUT2D eigenvalue weighted by atomic mass is 16.1. The van der Waals surface area contributed by atoms with Crippen LogP contribution in [0.5, 0.6) is 0 Å². The van der Waals surface area contributed by atoms with E-state index in [2.05, 4.69) is 17.1 Å². The molecule has 2 aromatic rings. The summed E-state index contributed by atoms with van der Waals surface area (Å²) in [7, 11) is 0. The van der Waals surface area contributed by atoms with Crippen LogP contribution >= 0.6 is 0 Å². The molecule has 0 N–H and O–H groups in total. The summed E-state index contributed by atoms with van der Waals surface area (Å²) >= 11 is 0. The van der Waals surface area contributed by atoms with Crippen LogP contribution in [0.15, 0.2) is 30.3 Å². The Balaban J connectivity index is 2.35. The van der Waals surface area contributed by atoms with Gasteiger partial charge >= 0.3 is 0 Å². The Morgan fingerprint density at radius 2 is 2.06 bits per heavy atom. The number of carbonyl (C=O) groups is 1. The molecule has 1 aromatic carbocycles. The Bertz CT molecular complexity index is 546. The maximum atomic E-state index is 11.4. The third-order valence-corrected chi connectivity index (χ3v) is 3.00. The fourth-order valence-corrected chi connectivity index (χ4v) is 2.05. The van der Waals surface area contributed by atoms with Crippen molar-refractivity contribution in [1.82, 2.24) is 4.98 Å². The fourth-order valence-electron chi connectivity index (χ4n) is 2.05. The molecule has 0 amide bonds. The highest BCUT2D eigenvalue weighted by molar-refractivity contribution is 5.84. The van der Waals surface area contributed by atoms with Crippen molar-refractivity contribution >= 4 is 16.7 Å². The van der Waals surface area contributed by atoms with Gasteiger partial charge in [-0.15, -0.1) is 0 Å². The number of rotatable bonds is 4. The Hall–Kier alpha value is -1.70. The van der Waals surface area contributed by atoms with Gasteiger partial charge < -0.3 is 0 Å². The van der Waals surface area contributed by atoms with Crippen molar-refractivity contribution in [3.05, 3.63) is 41.6 Å². The molecule has 88 valence electrons. The topological polar surface area (TPSA) is 30.0 Å². The zero-order valence-electron chi connectivity index (χ0n) is 10.4. The van der Waals surface area contributed by atoms with Gasteiger partial charge in [0.15, 0.2) is 0 Å². The van der Waals surface area contributed by atoms with Crippen LogP contribution in [0.25, 0.3) is 10.9 Å². The summed E-state index contributed by atoms with van der Waals surface area (Å²) in [5.74, 6) is 0.323. The molecule has 0 radical (unpaired) electrons. The van der Waals surface area contributed by atoms with Crippen LogP contribution in [0.2, 0.25) is 0 Å². The van der Waals surface area contributed by atoms with Gasteiger partial charge in [0, 0.05) is 23.9 Å². The van der Waals surface area contributed by atoms with E-state index in [1.54, 1.807) is 0 Å². The van der Waals surface area contributed by atoms with Crippen LogP contribution in [-0.4, -0.2) is 10.8 Å². The van der Waals surface area contributed by atoms with Crippen LogP contribution in [0.1, 0.15) is 31.0 Å². The minimum absolute atomic E-state index is 0.323. The lowest BCUT2D eigenvalue weighted by Gasteiger charge is -2.07. The quantitative estimate of drug-likeness (QED) is 0.800. The maximum Gasteiger partial charge on any atom is 0.132 e. The highest BCUT2D eigenvalue weighted by Crippen LogP contribution is 2.19. The van der Waals surface area contributed by atoms with Gasteiger partial charge in [-0.25, -0.2) is 0 Å². The first-order valence-electron chi connectivity index (χ1n) is 6.07. The Kier molecular flexibility index (Phi) is 3.52. The summed E-state index contributed by atoms with van der Waals surface area (Å²) in [5.41, 5.74) is 3.27. The smallest absolute Gasteiger partial charge is 0.132 e. The Morgan fingerprint density at radius 1 is 1.29 bits per heavy atom. The molecule has 0 atom stereocenters. The van der Waals surface area contributed by atoms with E-state index in [9.17, 15) is 4.79 Å². The van der Waals surface area contributed by atoms with Crippen molar-refractivity contribution in [3.63, 3.8) is 0 Å². The maximum absolute atomic E-state index is 11.4. The number of aromatic nitrogens is 1. The molecular formula is C15H17NO. The van der Waals surface area contributed by atoms with Gasteiger partial charge in [0.25, 0.3) is 0 Å². The minimum Gasteiger partial charge on any atom is -0.300 e. The average molecular weight is 227 g/mol. The fraction of sp³-hybridized carbons (Fsp3) is 0.333. The molecule has 0 aliphatic heterocycles. The van der Waals surface area contributed by atoms with E-state index in [1.165, 1.54) is 10.9 Å². The molecule has 2 nitrogen and oxygen atoms in total. The molecule has 1 heterocycles. The molecule has 0 unspecified atom stereocenters. The van der Waals surface area contributed by atoms with Gasteiger partial charge in [0.1, 0.15) is 5.78 Å². The number of carbonyl (C=O) groups excluding carboxylic acids is 1. The third-order valence-electron chi connectivity index (χ3n) is 3.00. The number of benzene rings is 1. The highest BCUT2D eigenvalue weighted by Gasteiger charge is 2.05. The second-order valence-electron chi connectivity index (χ2n) is 4.33. The number of para-hydroxylation sites is 1. The molecule has 0 saturated heterocycles. The van der Waals surface area contributed by atoms with Crippen molar-refractivity contribution in [2.45, 2.75) is 33.1 Å². The first-order valence-corrected chi connectivity index (χ1v) is 6.07. The monoisotopic (exact) mass is 227 g/mol. The van der Waals surface area contributed by atoms with Crippen LogP contribution < -0.4 is 0 Å². The second kappa shape index (κ2) is 5.09. The molecule has 0 bridgehead atoms. The SMILES string of the molecule is CCC(=O)CCc1cc(C)nc2ccccc12. The van der Waals surface area contributed by atoms with Gasteiger partial charge in [0.05, 0.1) is 5.52 Å². The predicted molar refractivity (Wildman–Crippen MR) is 70.1 cm³/mol. The van der Waals surface area contributed by atoms with Crippen molar-refractivity contribution in [1.29, 1.82) is 0 Å². The zero-order valence-corrected chi connectivity index (χ0v) is 10.4. The summed E-state index contributed by atoms with van der Waals surface area (Å²) in [4.78, 5) is 15.9. The van der Waals surface area contributed by atoms with E-state index < -0.39 is 0 Å². The molecule has 0 fully saturated rings. The number of Topliss-reactive ketones (excluding diaryl/α,β-unsaturated/α-hetero) is 1. The normalized spacial score (nSPS) is 10.7. The van der Waals surface area contributed by atoms with E-state index in [-0.39, 0.29) is 0 Å². The summed E-state index contributed by atoms with van der Waals surface area (Å²) in [6.45, 7) is 3.91. The molecule has 0 aliphatic carbocycles. The van der Waals surface area contributed by atoms with E-state index in [1.807, 2.05) is 32.0 Å². The van der Waals surface area contributed by atoms with Crippen molar-refractivity contribution < 1.29 is 4.79 Å². The third kappa shape index (κ3) is 2.70. The molecular weight excluding hydrogens is 210 g/mol. The molecule has 2 heteroatoms. The predicted octanol–water partition coefficient (Wildman–Crippen LogP) is 3.45. The largest absolute Gasteiger partial charge is 0.300 e. The van der Waals surface area contributed by atoms with Crippen molar-refractivity contribution in [3.8, 4) is 0 Å². The molecule has 2 rings (SSSR count). The number of aryl methyl sites for hydroxylation is 2. The second-order valence-corrected chi connectivity index (χ2v) is 4.33. The number of ketones is 1. The lowest BCUT2D eigenvalue weighted by molar-refractivity contribution is -0.118. The van der Waals surface area contributed by atoms with E-state index >= 15 is 0 Å². The van der Waals surface area contributed by atoms with Crippen LogP contribution in [0.3, 0.4) is 0 Å². The van der Waals surface area contributed by atoms with E-state index in [0.29, 0.717) is 18.6 Å². The number of nitrogens with zero attached hydrogens (tertiary/aromatic N) is 1. The molecule has 1 aromatic heterocycles. The van der Waals surface area contributed by atoms with Gasteiger partial charge in [-0.1, -0.05) is 25.1 Å². The summed E-state index contributed by atoms with van der Waals surface area (Å²) in [6, 6.07) is 10.2. The number of hydrogen-bond donors (Lipinski definition) is 0. The number of pyridine rings is 1. The van der Waals surface area contributed by atoms with Gasteiger partial charge in [-0.05, 0) is 31.0 Å². The van der Waals surface area contributed by atoms with Crippen LogP contribution in [-0.2, 0) is 11.2 Å². The lowest BCUT2D eigenvalue weighted by Crippen LogP contribution is -1.99. The lowest BCUT2D eigenvalue weighted by atomic mass is 10.0. The van der Waals surface area contributed by atoms with Gasteiger partial charge in [-0.3, -0.25) is 9.78 Å². The summed E-state index contributed by atoms with van der Waals surface area (Å²) in [6.07, 6.45) is 2.07. The molecule has 0 aliphatic rings. The van der Waals surface area contributed by atoms with Crippen molar-refractivity contribution in [2.24, 2.45) is 0 Å². The van der Waals surface area contributed by atoms with E-state index in [4.69, 9.17) is 0 Å². The van der Waals surface area contributed by atoms with Crippen molar-refractivity contribution in [2.75, 3.05) is 0 Å². The van der Waals surface area contributed by atoms with Gasteiger partial charge in [-0.2, -0.15) is 0 Å². The molecule has 0 spiro atoms. The molecule has 0 saturated carbocycles. The van der Waals surface area contributed by atoms with E-state index in [0.717, 1.165) is 17.6 Å². The van der Waals surface area contributed by atoms with Crippen LogP contribution in [0, 0.1) is 6.92 Å². The summed E-state index contributed by atoms with van der Waals surface area (Å²) < 4.78 is 0. The summed E-state index contributed by atoms with van der Waals surface area (Å²) in [5, 5.41) is 1.17.